The van der Waals surface area contributed by atoms with Crippen LogP contribution in [-0.4, -0.2) is 14.8 Å². The van der Waals surface area contributed by atoms with E-state index in [9.17, 15) is 0 Å². The van der Waals surface area contributed by atoms with Crippen LogP contribution in [0, 0.1) is 0 Å². The number of nitrogens with two attached hydrogens (primary N) is 1. The summed E-state index contributed by atoms with van der Waals surface area (Å²) in [6, 6.07) is 5.86. The Kier molecular flexibility index (Phi) is 2.79. The highest BCUT2D eigenvalue weighted by atomic mass is 15.2. The van der Waals surface area contributed by atoms with E-state index in [1.54, 1.807) is 17.1 Å². The molecule has 0 atom stereocenters. The van der Waals surface area contributed by atoms with Gasteiger partial charge in [0.2, 0.25) is 0 Å². The number of aryl methyl sites for hydroxylation is 1. The Morgan fingerprint density at radius 3 is 2.89 bits per heavy atom. The maximum atomic E-state index is 5.95. The molecule has 1 aromatic carbocycles. The number of aromatic nitrogens is 3. The molecule has 3 rings (SSSR count). The summed E-state index contributed by atoms with van der Waals surface area (Å²) in [4.78, 5) is 4.12. The minimum atomic E-state index is 0.731. The third kappa shape index (κ3) is 2.22. The molecule has 0 saturated heterocycles. The molecule has 19 heavy (non-hydrogen) atoms. The van der Waals surface area contributed by atoms with Crippen LogP contribution >= 0.6 is 0 Å². The van der Waals surface area contributed by atoms with Crippen LogP contribution in [0.25, 0.3) is 10.8 Å². The van der Waals surface area contributed by atoms with Gasteiger partial charge in [-0.25, -0.2) is 0 Å². The second-order valence-corrected chi connectivity index (χ2v) is 4.50. The van der Waals surface area contributed by atoms with Crippen molar-refractivity contribution in [3.63, 3.8) is 0 Å². The third-order valence-corrected chi connectivity index (χ3v) is 3.09. The number of benzene rings is 1. The number of hydrogen-bond donors (Lipinski definition) is 2. The van der Waals surface area contributed by atoms with E-state index in [2.05, 4.69) is 15.4 Å². The standard InChI is InChI=1S/C14H15N5/c1-19-9-10(7-18-19)6-17-14-3-2-13(15)12-8-16-5-4-11(12)14/h2-5,7-9,17H,6,15H2,1H3. The number of hydrogen-bond acceptors (Lipinski definition) is 4. The lowest BCUT2D eigenvalue weighted by atomic mass is 10.1. The highest BCUT2D eigenvalue weighted by molar-refractivity contribution is 6.00. The summed E-state index contributed by atoms with van der Waals surface area (Å²) >= 11 is 0. The van der Waals surface area contributed by atoms with E-state index in [0.717, 1.165) is 34.3 Å². The molecule has 0 bridgehead atoms. The molecule has 3 N–H and O–H groups in total. The van der Waals surface area contributed by atoms with Crippen LogP contribution in [0.5, 0.6) is 0 Å². The van der Waals surface area contributed by atoms with E-state index >= 15 is 0 Å². The van der Waals surface area contributed by atoms with Crippen LogP contribution in [0.2, 0.25) is 0 Å². The molecule has 0 amide bonds. The maximum Gasteiger partial charge on any atom is 0.0539 e. The molecule has 2 heterocycles. The van der Waals surface area contributed by atoms with Gasteiger partial charge in [-0.15, -0.1) is 0 Å². The Morgan fingerprint density at radius 2 is 2.11 bits per heavy atom. The molecule has 0 radical (unpaired) electrons. The lowest BCUT2D eigenvalue weighted by Crippen LogP contribution is -2.00. The molecule has 96 valence electrons. The van der Waals surface area contributed by atoms with Crippen molar-refractivity contribution in [2.75, 3.05) is 11.1 Å². The van der Waals surface area contributed by atoms with Crippen molar-refractivity contribution in [3.05, 3.63) is 48.5 Å². The monoisotopic (exact) mass is 253 g/mol. The summed E-state index contributed by atoms with van der Waals surface area (Å²) < 4.78 is 1.79. The van der Waals surface area contributed by atoms with Crippen molar-refractivity contribution in [2.45, 2.75) is 6.54 Å². The highest BCUT2D eigenvalue weighted by Crippen LogP contribution is 2.27. The summed E-state index contributed by atoms with van der Waals surface area (Å²) in [5.41, 5.74) is 8.89. The zero-order valence-corrected chi connectivity index (χ0v) is 10.7. The quantitative estimate of drug-likeness (QED) is 0.702. The minimum absolute atomic E-state index is 0.731. The predicted molar refractivity (Wildman–Crippen MR) is 76.7 cm³/mol. The minimum Gasteiger partial charge on any atom is -0.398 e. The van der Waals surface area contributed by atoms with Gasteiger partial charge < -0.3 is 11.1 Å². The Morgan fingerprint density at radius 1 is 1.21 bits per heavy atom. The fourth-order valence-electron chi connectivity index (χ4n) is 2.13. The van der Waals surface area contributed by atoms with Gasteiger partial charge in [0, 0.05) is 59.9 Å². The SMILES string of the molecule is Cn1cc(CNc2ccc(N)c3cnccc23)cn1. The molecule has 2 aromatic heterocycles. The van der Waals surface area contributed by atoms with E-state index in [0.29, 0.717) is 0 Å². The summed E-state index contributed by atoms with van der Waals surface area (Å²) in [5.74, 6) is 0. The molecule has 0 aliphatic rings. The number of rotatable bonds is 3. The van der Waals surface area contributed by atoms with E-state index in [-0.39, 0.29) is 0 Å². The fourth-order valence-corrected chi connectivity index (χ4v) is 2.13. The van der Waals surface area contributed by atoms with Gasteiger partial charge in [-0.05, 0) is 18.2 Å². The van der Waals surface area contributed by atoms with Crippen molar-refractivity contribution in [1.29, 1.82) is 0 Å². The number of pyridine rings is 1. The first kappa shape index (κ1) is 11.5. The molecule has 5 nitrogen and oxygen atoms in total. The van der Waals surface area contributed by atoms with Crippen LogP contribution in [0.15, 0.2) is 43.0 Å². The van der Waals surface area contributed by atoms with Gasteiger partial charge >= 0.3 is 0 Å². The average Bonchev–Trinajstić information content (AvgIpc) is 2.84. The summed E-state index contributed by atoms with van der Waals surface area (Å²) in [6.45, 7) is 0.731. The van der Waals surface area contributed by atoms with Gasteiger partial charge in [-0.2, -0.15) is 5.10 Å². The third-order valence-electron chi connectivity index (χ3n) is 3.09. The number of nitrogen functional groups attached to an aromatic ring is 1. The first-order valence-electron chi connectivity index (χ1n) is 6.07. The lowest BCUT2D eigenvalue weighted by molar-refractivity contribution is 0.767. The van der Waals surface area contributed by atoms with Gasteiger partial charge in [0.1, 0.15) is 0 Å². The van der Waals surface area contributed by atoms with Gasteiger partial charge in [-0.3, -0.25) is 9.67 Å². The van der Waals surface area contributed by atoms with Gasteiger partial charge in [-0.1, -0.05) is 0 Å². The average molecular weight is 253 g/mol. The van der Waals surface area contributed by atoms with Crippen molar-refractivity contribution >= 4 is 22.1 Å². The maximum absolute atomic E-state index is 5.95. The Bertz CT molecular complexity index is 717. The second kappa shape index (κ2) is 4.61. The van der Waals surface area contributed by atoms with Crippen molar-refractivity contribution in [3.8, 4) is 0 Å². The van der Waals surface area contributed by atoms with Gasteiger partial charge in [0.25, 0.3) is 0 Å². The molecular weight excluding hydrogens is 238 g/mol. The number of nitrogens with one attached hydrogen (secondary N) is 1. The van der Waals surface area contributed by atoms with E-state index in [4.69, 9.17) is 5.73 Å². The largest absolute Gasteiger partial charge is 0.398 e. The van der Waals surface area contributed by atoms with Crippen LogP contribution in [-0.2, 0) is 13.6 Å². The normalized spacial score (nSPS) is 10.8. The molecule has 0 aliphatic carbocycles. The Hall–Kier alpha value is -2.56. The smallest absolute Gasteiger partial charge is 0.0539 e. The first-order valence-corrected chi connectivity index (χ1v) is 6.07. The van der Waals surface area contributed by atoms with Crippen LogP contribution < -0.4 is 11.1 Å². The van der Waals surface area contributed by atoms with Crippen LogP contribution in [0.4, 0.5) is 11.4 Å². The number of anilines is 2. The second-order valence-electron chi connectivity index (χ2n) is 4.50. The molecule has 0 saturated carbocycles. The van der Waals surface area contributed by atoms with E-state index < -0.39 is 0 Å². The molecule has 5 heteroatoms. The van der Waals surface area contributed by atoms with Crippen molar-refractivity contribution < 1.29 is 0 Å². The van der Waals surface area contributed by atoms with E-state index in [1.165, 1.54) is 0 Å². The first-order chi connectivity index (χ1) is 9.24. The summed E-state index contributed by atoms with van der Waals surface area (Å²) in [7, 11) is 1.91. The Balaban J connectivity index is 1.91. The summed E-state index contributed by atoms with van der Waals surface area (Å²) in [5, 5.41) is 9.61. The topological polar surface area (TPSA) is 68.8 Å². The molecule has 0 aliphatic heterocycles. The number of nitrogens with zero attached hydrogens (tertiary/aromatic N) is 3. The molecule has 0 unspecified atom stereocenters. The van der Waals surface area contributed by atoms with Crippen molar-refractivity contribution in [1.82, 2.24) is 14.8 Å². The zero-order chi connectivity index (χ0) is 13.2. The molecular formula is C14H15N5. The number of fused-ring (bicyclic) bond motifs is 1. The van der Waals surface area contributed by atoms with Crippen LogP contribution in [0.1, 0.15) is 5.56 Å². The van der Waals surface area contributed by atoms with Crippen molar-refractivity contribution in [2.24, 2.45) is 7.05 Å². The fraction of sp³-hybridized carbons (Fsp3) is 0.143. The van der Waals surface area contributed by atoms with Gasteiger partial charge in [0.15, 0.2) is 0 Å². The summed E-state index contributed by atoms with van der Waals surface area (Å²) in [6.07, 6.45) is 7.42. The van der Waals surface area contributed by atoms with E-state index in [1.807, 2.05) is 37.6 Å². The molecule has 0 spiro atoms. The highest BCUT2D eigenvalue weighted by Gasteiger charge is 2.04. The lowest BCUT2D eigenvalue weighted by Gasteiger charge is -2.10. The molecule has 3 aromatic rings. The zero-order valence-electron chi connectivity index (χ0n) is 10.7. The van der Waals surface area contributed by atoms with Crippen LogP contribution in [0.3, 0.4) is 0 Å². The predicted octanol–water partition coefficient (Wildman–Crippen LogP) is 2.16. The van der Waals surface area contributed by atoms with Gasteiger partial charge in [0.05, 0.1) is 6.20 Å². The molecule has 0 fully saturated rings. The Labute approximate surface area is 111 Å².